The van der Waals surface area contributed by atoms with Crippen LogP contribution in [0, 0.1) is 13.8 Å². The minimum Gasteiger partial charge on any atom is -0.345 e. The Labute approximate surface area is 209 Å². The van der Waals surface area contributed by atoms with Crippen LogP contribution < -0.4 is 5.32 Å². The number of aryl methyl sites for hydroxylation is 2. The summed E-state index contributed by atoms with van der Waals surface area (Å²) in [4.78, 5) is 13.1. The van der Waals surface area contributed by atoms with E-state index in [1.54, 1.807) is 11.8 Å². The predicted octanol–water partition coefficient (Wildman–Crippen LogP) is 6.26. The highest BCUT2D eigenvalue weighted by molar-refractivity contribution is 7.98. The maximum absolute atomic E-state index is 13.1. The first-order chi connectivity index (χ1) is 17.1. The number of amides is 1. The van der Waals surface area contributed by atoms with Gasteiger partial charge in [-0.3, -0.25) is 9.36 Å². The van der Waals surface area contributed by atoms with Crippen LogP contribution in [0.25, 0.3) is 16.5 Å². The fourth-order valence-electron chi connectivity index (χ4n) is 4.05. The zero-order valence-electron chi connectivity index (χ0n) is 19.7. The minimum absolute atomic E-state index is 0.130. The second-order valence-electron chi connectivity index (χ2n) is 8.49. The van der Waals surface area contributed by atoms with E-state index in [1.165, 1.54) is 16.7 Å². The van der Waals surface area contributed by atoms with Gasteiger partial charge >= 0.3 is 0 Å². The molecule has 5 nitrogen and oxygen atoms in total. The van der Waals surface area contributed by atoms with Crippen molar-refractivity contribution in [2.45, 2.75) is 31.3 Å². The van der Waals surface area contributed by atoms with Crippen molar-refractivity contribution in [2.75, 3.05) is 0 Å². The number of thioether (sulfide) groups is 1. The summed E-state index contributed by atoms with van der Waals surface area (Å²) in [5, 5.41) is 14.8. The third kappa shape index (κ3) is 4.98. The Kier molecular flexibility index (Phi) is 6.64. The van der Waals surface area contributed by atoms with Gasteiger partial charge in [0.15, 0.2) is 11.0 Å². The number of benzene rings is 4. The first-order valence-electron chi connectivity index (χ1n) is 11.5. The lowest BCUT2D eigenvalue weighted by molar-refractivity contribution is 0.0951. The Bertz CT molecular complexity index is 1490. The van der Waals surface area contributed by atoms with Gasteiger partial charge in [-0.2, -0.15) is 0 Å². The molecule has 0 spiro atoms. The number of carbonyl (C=O) groups excluding carboxylic acids is 1. The molecule has 5 aromatic rings. The quantitative estimate of drug-likeness (QED) is 0.281. The maximum Gasteiger partial charge on any atom is 0.252 e. The summed E-state index contributed by atoms with van der Waals surface area (Å²) in [5.74, 6) is 1.35. The number of nitrogens with zero attached hydrogens (tertiary/aromatic N) is 3. The molecule has 1 heterocycles. The summed E-state index contributed by atoms with van der Waals surface area (Å²) >= 11 is 1.64. The molecule has 0 saturated heterocycles. The molecule has 6 heteroatoms. The molecule has 0 atom stereocenters. The fraction of sp³-hybridized carbons (Fsp3) is 0.138. The van der Waals surface area contributed by atoms with Crippen LogP contribution in [0.3, 0.4) is 0 Å². The van der Waals surface area contributed by atoms with Gasteiger partial charge in [-0.1, -0.05) is 90.1 Å². The molecule has 0 aliphatic carbocycles. The summed E-state index contributed by atoms with van der Waals surface area (Å²) in [5.41, 5.74) is 5.33. The van der Waals surface area contributed by atoms with Crippen LogP contribution in [0.5, 0.6) is 0 Å². The topological polar surface area (TPSA) is 59.8 Å². The van der Waals surface area contributed by atoms with Crippen LogP contribution in [-0.4, -0.2) is 20.7 Å². The predicted molar refractivity (Wildman–Crippen MR) is 142 cm³/mol. The zero-order chi connectivity index (χ0) is 24.2. The number of aromatic nitrogens is 3. The molecule has 0 aliphatic heterocycles. The van der Waals surface area contributed by atoms with Gasteiger partial charge in [0, 0.05) is 17.0 Å². The molecule has 1 amide bonds. The molecular formula is C29H26N4OS. The molecule has 1 N–H and O–H groups in total. The summed E-state index contributed by atoms with van der Waals surface area (Å²) in [6, 6.07) is 30.3. The van der Waals surface area contributed by atoms with E-state index in [0.717, 1.165) is 27.4 Å². The van der Waals surface area contributed by atoms with Gasteiger partial charge in [-0.15, -0.1) is 10.2 Å². The number of nitrogens with one attached hydrogen (secondary N) is 1. The molecule has 35 heavy (non-hydrogen) atoms. The van der Waals surface area contributed by atoms with Gasteiger partial charge in [0.2, 0.25) is 0 Å². The Morgan fingerprint density at radius 3 is 2.43 bits per heavy atom. The number of fused-ring (bicyclic) bond motifs is 1. The van der Waals surface area contributed by atoms with E-state index in [1.807, 2.05) is 47.0 Å². The highest BCUT2D eigenvalue weighted by Crippen LogP contribution is 2.27. The summed E-state index contributed by atoms with van der Waals surface area (Å²) in [6.07, 6.45) is 0. The van der Waals surface area contributed by atoms with Crippen molar-refractivity contribution in [3.8, 4) is 5.69 Å². The lowest BCUT2D eigenvalue weighted by Crippen LogP contribution is -2.25. The first kappa shape index (κ1) is 22.9. The third-order valence-corrected chi connectivity index (χ3v) is 7.03. The van der Waals surface area contributed by atoms with Gasteiger partial charge in [0.1, 0.15) is 0 Å². The molecule has 5 rings (SSSR count). The summed E-state index contributed by atoms with van der Waals surface area (Å²) in [7, 11) is 0. The molecule has 0 aliphatic rings. The first-order valence-corrected chi connectivity index (χ1v) is 12.5. The highest BCUT2D eigenvalue weighted by Gasteiger charge is 2.17. The SMILES string of the molecule is Cc1ccc(-n2c(CNC(=O)c3cccc4ccccc34)nnc2SCc2ccccc2C)cc1. The van der Waals surface area contributed by atoms with Crippen LogP contribution in [0.4, 0.5) is 0 Å². The molecule has 4 aromatic carbocycles. The van der Waals surface area contributed by atoms with Gasteiger partial charge in [-0.25, -0.2) is 0 Å². The van der Waals surface area contributed by atoms with E-state index in [9.17, 15) is 4.79 Å². The third-order valence-electron chi connectivity index (χ3n) is 6.05. The molecular weight excluding hydrogens is 452 g/mol. The van der Waals surface area contributed by atoms with Gasteiger partial charge in [0.05, 0.1) is 6.54 Å². The van der Waals surface area contributed by atoms with Gasteiger partial charge in [0.25, 0.3) is 5.91 Å². The van der Waals surface area contributed by atoms with Crippen LogP contribution in [-0.2, 0) is 12.3 Å². The largest absolute Gasteiger partial charge is 0.345 e. The van der Waals surface area contributed by atoms with E-state index < -0.39 is 0 Å². The molecule has 1 aromatic heterocycles. The molecule has 174 valence electrons. The zero-order valence-corrected chi connectivity index (χ0v) is 20.5. The summed E-state index contributed by atoms with van der Waals surface area (Å²) < 4.78 is 2.03. The van der Waals surface area contributed by atoms with Crippen LogP contribution in [0.2, 0.25) is 0 Å². The van der Waals surface area contributed by atoms with Gasteiger partial charge in [-0.05, 0) is 53.9 Å². The van der Waals surface area contributed by atoms with E-state index in [2.05, 4.69) is 77.9 Å². The Balaban J connectivity index is 1.41. The number of carbonyl (C=O) groups is 1. The highest BCUT2D eigenvalue weighted by atomic mass is 32.2. The summed E-state index contributed by atoms with van der Waals surface area (Å²) in [6.45, 7) is 4.46. The normalized spacial score (nSPS) is 11.0. The van der Waals surface area contributed by atoms with E-state index in [4.69, 9.17) is 0 Å². The number of rotatable bonds is 7. The smallest absolute Gasteiger partial charge is 0.252 e. The Hall–Kier alpha value is -3.90. The molecule has 0 unspecified atom stereocenters. The molecule has 0 radical (unpaired) electrons. The van der Waals surface area contributed by atoms with Gasteiger partial charge < -0.3 is 5.32 Å². The van der Waals surface area contributed by atoms with E-state index in [0.29, 0.717) is 11.4 Å². The average Bonchev–Trinajstić information content (AvgIpc) is 3.29. The van der Waals surface area contributed by atoms with E-state index >= 15 is 0 Å². The Morgan fingerprint density at radius 2 is 1.60 bits per heavy atom. The maximum atomic E-state index is 13.1. The molecule has 0 bridgehead atoms. The minimum atomic E-state index is -0.130. The second-order valence-corrected chi connectivity index (χ2v) is 9.44. The van der Waals surface area contributed by atoms with Crippen molar-refractivity contribution in [3.05, 3.63) is 119 Å². The van der Waals surface area contributed by atoms with Crippen molar-refractivity contribution in [2.24, 2.45) is 0 Å². The Morgan fingerprint density at radius 1 is 0.857 bits per heavy atom. The molecule has 0 saturated carbocycles. The van der Waals surface area contributed by atoms with Crippen molar-refractivity contribution < 1.29 is 4.79 Å². The lowest BCUT2D eigenvalue weighted by Gasteiger charge is -2.12. The van der Waals surface area contributed by atoms with Crippen LogP contribution >= 0.6 is 11.8 Å². The van der Waals surface area contributed by atoms with Crippen LogP contribution in [0.15, 0.2) is 96.2 Å². The number of hydrogen-bond acceptors (Lipinski definition) is 4. The standard InChI is InChI=1S/C29H26N4OS/c1-20-14-16-24(17-15-20)33-27(31-32-29(33)35-19-23-10-4-3-8-21(23)2)18-30-28(34)26-13-7-11-22-9-5-6-12-25(22)26/h3-17H,18-19H2,1-2H3,(H,30,34). The van der Waals surface area contributed by atoms with Crippen molar-refractivity contribution in [1.82, 2.24) is 20.1 Å². The average molecular weight is 479 g/mol. The van der Waals surface area contributed by atoms with Crippen molar-refractivity contribution in [3.63, 3.8) is 0 Å². The lowest BCUT2D eigenvalue weighted by atomic mass is 10.0. The van der Waals surface area contributed by atoms with Crippen molar-refractivity contribution >= 4 is 28.4 Å². The van der Waals surface area contributed by atoms with Crippen LogP contribution in [0.1, 0.15) is 32.9 Å². The second kappa shape index (κ2) is 10.2. The van der Waals surface area contributed by atoms with E-state index in [-0.39, 0.29) is 12.5 Å². The number of hydrogen-bond donors (Lipinski definition) is 1. The fourth-order valence-corrected chi connectivity index (χ4v) is 5.10. The monoisotopic (exact) mass is 478 g/mol. The van der Waals surface area contributed by atoms with Crippen molar-refractivity contribution in [1.29, 1.82) is 0 Å². The molecule has 0 fully saturated rings.